The van der Waals surface area contributed by atoms with E-state index < -0.39 is 0 Å². The van der Waals surface area contributed by atoms with Crippen molar-refractivity contribution in [2.75, 3.05) is 25.4 Å². The number of hydrogen-bond donors (Lipinski definition) is 1. The van der Waals surface area contributed by atoms with E-state index in [1.165, 1.54) is 31.6 Å². The summed E-state index contributed by atoms with van der Waals surface area (Å²) < 4.78 is 0. The van der Waals surface area contributed by atoms with Crippen molar-refractivity contribution in [3.8, 4) is 0 Å². The number of hydrogen-bond acceptors (Lipinski definition) is 3. The lowest BCUT2D eigenvalue weighted by atomic mass is 9.97. The molecule has 0 heterocycles. The molecule has 3 heteroatoms. The minimum absolute atomic E-state index is 0.0412. The smallest absolute Gasteiger partial charge is 0.0658 e. The van der Waals surface area contributed by atoms with Crippen molar-refractivity contribution >= 4 is 11.8 Å². The molecular weight excluding hydrogens is 206 g/mol. The largest absolute Gasteiger partial charge is 0.392 e. The topological polar surface area (TPSA) is 23.5 Å². The van der Waals surface area contributed by atoms with Gasteiger partial charge in [0.25, 0.3) is 0 Å². The van der Waals surface area contributed by atoms with Crippen LogP contribution < -0.4 is 0 Å². The minimum Gasteiger partial charge on any atom is -0.392 e. The fourth-order valence-corrected chi connectivity index (χ4v) is 3.50. The van der Waals surface area contributed by atoms with E-state index in [0.717, 1.165) is 19.5 Å². The number of aliphatic hydroxyl groups excluding tert-OH is 1. The van der Waals surface area contributed by atoms with Crippen LogP contribution >= 0.6 is 11.8 Å². The molecule has 0 aromatic heterocycles. The van der Waals surface area contributed by atoms with E-state index in [9.17, 15) is 5.11 Å². The lowest BCUT2D eigenvalue weighted by Gasteiger charge is -2.28. The second-order valence-electron chi connectivity index (χ2n) is 4.29. The molecule has 0 bridgehead atoms. The molecule has 1 fully saturated rings. The van der Waals surface area contributed by atoms with E-state index in [2.05, 4.69) is 18.7 Å². The second kappa shape index (κ2) is 7.53. The van der Waals surface area contributed by atoms with Crippen LogP contribution in [-0.4, -0.2) is 46.7 Å². The SMILES string of the molecule is CCN(CC)CCS[C@@H]1CCCC[C@H]1O. The molecule has 1 N–H and O–H groups in total. The van der Waals surface area contributed by atoms with Gasteiger partial charge < -0.3 is 10.0 Å². The maximum Gasteiger partial charge on any atom is 0.0658 e. The summed E-state index contributed by atoms with van der Waals surface area (Å²) in [5.74, 6) is 1.17. The van der Waals surface area contributed by atoms with Crippen LogP contribution in [0, 0.1) is 0 Å². The van der Waals surface area contributed by atoms with Gasteiger partial charge in [-0.05, 0) is 25.9 Å². The molecule has 1 saturated carbocycles. The molecule has 2 atom stereocenters. The zero-order valence-corrected chi connectivity index (χ0v) is 10.9. The van der Waals surface area contributed by atoms with Crippen molar-refractivity contribution in [1.29, 1.82) is 0 Å². The number of nitrogens with zero attached hydrogens (tertiary/aromatic N) is 1. The Labute approximate surface area is 98.4 Å². The van der Waals surface area contributed by atoms with Gasteiger partial charge in [-0.15, -0.1) is 0 Å². The number of thioether (sulfide) groups is 1. The molecule has 0 aromatic carbocycles. The first-order valence-corrected chi connectivity index (χ1v) is 7.34. The van der Waals surface area contributed by atoms with Crippen molar-refractivity contribution in [2.45, 2.75) is 50.9 Å². The summed E-state index contributed by atoms with van der Waals surface area (Å²) in [4.78, 5) is 2.45. The summed E-state index contributed by atoms with van der Waals surface area (Å²) in [5, 5.41) is 10.3. The quantitative estimate of drug-likeness (QED) is 0.759. The highest BCUT2D eigenvalue weighted by Gasteiger charge is 2.22. The maximum atomic E-state index is 9.81. The third-order valence-corrected chi connectivity index (χ3v) is 4.70. The van der Waals surface area contributed by atoms with E-state index >= 15 is 0 Å². The van der Waals surface area contributed by atoms with Gasteiger partial charge in [0, 0.05) is 17.5 Å². The van der Waals surface area contributed by atoms with Gasteiger partial charge in [-0.1, -0.05) is 26.7 Å². The molecule has 0 amide bonds. The van der Waals surface area contributed by atoms with Crippen molar-refractivity contribution in [2.24, 2.45) is 0 Å². The lowest BCUT2D eigenvalue weighted by molar-refractivity contribution is 0.137. The van der Waals surface area contributed by atoms with Crippen LogP contribution in [0.2, 0.25) is 0 Å². The molecule has 0 aromatic rings. The van der Waals surface area contributed by atoms with E-state index in [0.29, 0.717) is 5.25 Å². The first-order valence-electron chi connectivity index (χ1n) is 6.30. The van der Waals surface area contributed by atoms with Gasteiger partial charge >= 0.3 is 0 Å². The first-order chi connectivity index (χ1) is 7.27. The standard InChI is InChI=1S/C12H25NOS/c1-3-13(4-2)9-10-15-12-8-6-5-7-11(12)14/h11-12,14H,3-10H2,1-2H3/t11-,12-/m1/s1. The fourth-order valence-electron chi connectivity index (χ4n) is 2.14. The third-order valence-electron chi connectivity index (χ3n) is 3.30. The molecule has 0 radical (unpaired) electrons. The molecule has 0 unspecified atom stereocenters. The first kappa shape index (κ1) is 13.3. The predicted octanol–water partition coefficient (Wildman–Crippen LogP) is 2.36. The second-order valence-corrected chi connectivity index (χ2v) is 5.64. The van der Waals surface area contributed by atoms with Crippen LogP contribution in [0.4, 0.5) is 0 Å². The summed E-state index contributed by atoms with van der Waals surface area (Å²) in [6.07, 6.45) is 4.71. The molecule has 1 aliphatic rings. The summed E-state index contributed by atoms with van der Waals surface area (Å²) in [7, 11) is 0. The van der Waals surface area contributed by atoms with E-state index in [-0.39, 0.29) is 6.10 Å². The summed E-state index contributed by atoms with van der Waals surface area (Å²) >= 11 is 1.97. The highest BCUT2D eigenvalue weighted by atomic mass is 32.2. The van der Waals surface area contributed by atoms with Crippen LogP contribution in [0.3, 0.4) is 0 Å². The van der Waals surface area contributed by atoms with Gasteiger partial charge in [-0.3, -0.25) is 0 Å². The summed E-state index contributed by atoms with van der Waals surface area (Å²) in [6, 6.07) is 0. The Balaban J connectivity index is 2.12. The van der Waals surface area contributed by atoms with Crippen LogP contribution in [0.15, 0.2) is 0 Å². The zero-order valence-electron chi connectivity index (χ0n) is 10.1. The van der Waals surface area contributed by atoms with Crippen LogP contribution in [0.25, 0.3) is 0 Å². The summed E-state index contributed by atoms with van der Waals surface area (Å²) in [6.45, 7) is 7.88. The van der Waals surface area contributed by atoms with Gasteiger partial charge in [0.05, 0.1) is 6.10 Å². The molecule has 0 aliphatic heterocycles. The van der Waals surface area contributed by atoms with Gasteiger partial charge in [-0.25, -0.2) is 0 Å². The predicted molar refractivity (Wildman–Crippen MR) is 68.5 cm³/mol. The minimum atomic E-state index is -0.0412. The number of aliphatic hydroxyl groups is 1. The van der Waals surface area contributed by atoms with E-state index in [1.54, 1.807) is 0 Å². The van der Waals surface area contributed by atoms with Crippen molar-refractivity contribution < 1.29 is 5.11 Å². The van der Waals surface area contributed by atoms with Gasteiger partial charge in [0.15, 0.2) is 0 Å². The molecule has 2 nitrogen and oxygen atoms in total. The average molecular weight is 231 g/mol. The Bertz CT molecular complexity index is 162. The fraction of sp³-hybridized carbons (Fsp3) is 1.00. The third kappa shape index (κ3) is 4.75. The van der Waals surface area contributed by atoms with Crippen LogP contribution in [0.1, 0.15) is 39.5 Å². The van der Waals surface area contributed by atoms with Crippen LogP contribution in [0.5, 0.6) is 0 Å². The molecule has 90 valence electrons. The Morgan fingerprint density at radius 2 is 1.87 bits per heavy atom. The van der Waals surface area contributed by atoms with E-state index in [4.69, 9.17) is 0 Å². The Hall–Kier alpha value is 0.270. The van der Waals surface area contributed by atoms with Crippen molar-refractivity contribution in [1.82, 2.24) is 4.90 Å². The zero-order chi connectivity index (χ0) is 11.1. The molecular formula is C12H25NOS. The number of rotatable bonds is 6. The highest BCUT2D eigenvalue weighted by molar-refractivity contribution is 7.99. The van der Waals surface area contributed by atoms with Gasteiger partial charge in [-0.2, -0.15) is 11.8 Å². The Morgan fingerprint density at radius 3 is 2.47 bits per heavy atom. The lowest BCUT2D eigenvalue weighted by Crippen LogP contribution is -2.30. The molecule has 0 saturated heterocycles. The van der Waals surface area contributed by atoms with Crippen molar-refractivity contribution in [3.63, 3.8) is 0 Å². The molecule has 1 rings (SSSR count). The van der Waals surface area contributed by atoms with Gasteiger partial charge in [0.2, 0.25) is 0 Å². The molecule has 0 spiro atoms. The Morgan fingerprint density at radius 1 is 1.20 bits per heavy atom. The monoisotopic (exact) mass is 231 g/mol. The molecule has 15 heavy (non-hydrogen) atoms. The Kier molecular flexibility index (Phi) is 6.69. The summed E-state index contributed by atoms with van der Waals surface area (Å²) in [5.41, 5.74) is 0. The molecule has 1 aliphatic carbocycles. The average Bonchev–Trinajstić information content (AvgIpc) is 2.27. The van der Waals surface area contributed by atoms with E-state index in [1.807, 2.05) is 11.8 Å². The van der Waals surface area contributed by atoms with Crippen LogP contribution in [-0.2, 0) is 0 Å². The highest BCUT2D eigenvalue weighted by Crippen LogP contribution is 2.28. The van der Waals surface area contributed by atoms with Crippen molar-refractivity contribution in [3.05, 3.63) is 0 Å². The maximum absolute atomic E-state index is 9.81. The van der Waals surface area contributed by atoms with Gasteiger partial charge in [0.1, 0.15) is 0 Å². The normalized spacial score (nSPS) is 27.2.